The van der Waals surface area contributed by atoms with Crippen molar-refractivity contribution in [3.63, 3.8) is 0 Å². The molecule has 1 heterocycles. The van der Waals surface area contributed by atoms with Crippen molar-refractivity contribution in [1.29, 1.82) is 0 Å². The number of para-hydroxylation sites is 1. The maximum Gasteiger partial charge on any atom is 0.303 e. The number of benzene rings is 1. The van der Waals surface area contributed by atoms with Crippen molar-refractivity contribution in [3.05, 3.63) is 48.7 Å². The molecule has 0 saturated heterocycles. The highest BCUT2D eigenvalue weighted by molar-refractivity contribution is 7.92. The van der Waals surface area contributed by atoms with Crippen LogP contribution in [0.15, 0.2) is 53.6 Å². The first kappa shape index (κ1) is 18.7. The van der Waals surface area contributed by atoms with Gasteiger partial charge < -0.3 is 10.4 Å². The quantitative estimate of drug-likeness (QED) is 0.664. The van der Waals surface area contributed by atoms with E-state index in [1.807, 2.05) is 6.07 Å². The van der Waals surface area contributed by atoms with Crippen LogP contribution in [0, 0.1) is 0 Å². The molecule has 2 aromatic rings. The fraction of sp³-hybridized carbons (Fsp3) is 0.294. The van der Waals surface area contributed by atoms with E-state index in [4.69, 9.17) is 5.11 Å². The van der Waals surface area contributed by atoms with Crippen molar-refractivity contribution in [2.75, 3.05) is 22.7 Å². The Kier molecular flexibility index (Phi) is 6.35. The van der Waals surface area contributed by atoms with Gasteiger partial charge in [-0.2, -0.15) is 0 Å². The zero-order chi connectivity index (χ0) is 18.3. The molecule has 0 bridgehead atoms. The molecule has 0 aliphatic heterocycles. The normalized spacial score (nSPS) is 11.1. The van der Waals surface area contributed by atoms with E-state index in [-0.39, 0.29) is 11.3 Å². The van der Waals surface area contributed by atoms with E-state index in [1.165, 1.54) is 16.6 Å². The molecular formula is C17H21N3O4S. The Hall–Kier alpha value is -2.61. The van der Waals surface area contributed by atoms with Crippen LogP contribution in [0.4, 0.5) is 11.5 Å². The van der Waals surface area contributed by atoms with E-state index >= 15 is 0 Å². The Labute approximate surface area is 147 Å². The monoisotopic (exact) mass is 363 g/mol. The number of hydrogen-bond acceptors (Lipinski definition) is 5. The molecule has 0 spiro atoms. The van der Waals surface area contributed by atoms with E-state index < -0.39 is 16.0 Å². The lowest BCUT2D eigenvalue weighted by molar-refractivity contribution is -0.137. The molecule has 0 aliphatic carbocycles. The lowest BCUT2D eigenvalue weighted by Gasteiger charge is -2.22. The fourth-order valence-corrected chi connectivity index (χ4v) is 3.73. The zero-order valence-corrected chi connectivity index (χ0v) is 14.7. The Morgan fingerprint density at radius 2 is 1.92 bits per heavy atom. The Morgan fingerprint density at radius 1 is 1.20 bits per heavy atom. The van der Waals surface area contributed by atoms with Crippen molar-refractivity contribution >= 4 is 27.5 Å². The van der Waals surface area contributed by atoms with Gasteiger partial charge in [0.05, 0.1) is 5.69 Å². The number of pyridine rings is 1. The van der Waals surface area contributed by atoms with Gasteiger partial charge in [0, 0.05) is 25.7 Å². The lowest BCUT2D eigenvalue weighted by Crippen LogP contribution is -2.30. The summed E-state index contributed by atoms with van der Waals surface area (Å²) >= 11 is 0. The number of aromatic nitrogens is 1. The van der Waals surface area contributed by atoms with Crippen LogP contribution >= 0.6 is 0 Å². The maximum atomic E-state index is 12.8. The minimum absolute atomic E-state index is 0.0714. The van der Waals surface area contributed by atoms with Crippen LogP contribution in [0.5, 0.6) is 0 Å². The molecule has 1 aromatic carbocycles. The third-order valence-corrected chi connectivity index (χ3v) is 5.42. The highest BCUT2D eigenvalue weighted by atomic mass is 32.2. The van der Waals surface area contributed by atoms with Crippen LogP contribution in [-0.4, -0.2) is 37.6 Å². The molecule has 1 aromatic heterocycles. The Balaban J connectivity index is 2.10. The number of hydrogen-bond donors (Lipinski definition) is 2. The van der Waals surface area contributed by atoms with E-state index in [0.29, 0.717) is 31.0 Å². The van der Waals surface area contributed by atoms with E-state index in [1.54, 1.807) is 37.3 Å². The first-order valence-electron chi connectivity index (χ1n) is 7.94. The van der Waals surface area contributed by atoms with Gasteiger partial charge in [-0.25, -0.2) is 13.4 Å². The van der Waals surface area contributed by atoms with E-state index in [9.17, 15) is 13.2 Å². The predicted molar refractivity (Wildman–Crippen MR) is 96.2 cm³/mol. The SMILES string of the molecule is CCN(c1ccccc1)S(=O)(=O)c1ccc(NCCCC(=O)O)nc1. The first-order chi connectivity index (χ1) is 11.9. The van der Waals surface area contributed by atoms with E-state index in [0.717, 1.165) is 0 Å². The van der Waals surface area contributed by atoms with Crippen LogP contribution in [0.25, 0.3) is 0 Å². The van der Waals surface area contributed by atoms with Crippen molar-refractivity contribution < 1.29 is 18.3 Å². The minimum atomic E-state index is -3.69. The Bertz CT molecular complexity index is 792. The second kappa shape index (κ2) is 8.48. The second-order valence-corrected chi connectivity index (χ2v) is 7.17. The molecule has 8 heteroatoms. The second-order valence-electron chi connectivity index (χ2n) is 5.31. The number of carboxylic acid groups (broad SMARTS) is 1. The van der Waals surface area contributed by atoms with Gasteiger partial charge in [0.1, 0.15) is 10.7 Å². The third kappa shape index (κ3) is 4.93. The summed E-state index contributed by atoms with van der Waals surface area (Å²) in [6, 6.07) is 12.0. The molecule has 134 valence electrons. The van der Waals surface area contributed by atoms with Gasteiger partial charge in [-0.15, -0.1) is 0 Å². The summed E-state index contributed by atoms with van der Waals surface area (Å²) in [6.45, 7) is 2.54. The fourth-order valence-electron chi connectivity index (χ4n) is 2.31. The molecule has 25 heavy (non-hydrogen) atoms. The molecule has 0 atom stereocenters. The van der Waals surface area contributed by atoms with Gasteiger partial charge in [0.2, 0.25) is 0 Å². The van der Waals surface area contributed by atoms with Gasteiger partial charge >= 0.3 is 5.97 Å². The summed E-state index contributed by atoms with van der Waals surface area (Å²) in [5.74, 6) is -0.344. The average Bonchev–Trinajstić information content (AvgIpc) is 2.60. The summed E-state index contributed by atoms with van der Waals surface area (Å²) in [4.78, 5) is 14.7. The molecule has 2 rings (SSSR count). The van der Waals surface area contributed by atoms with Gasteiger partial charge in [-0.05, 0) is 37.6 Å². The van der Waals surface area contributed by atoms with Gasteiger partial charge in [-0.3, -0.25) is 9.10 Å². The first-order valence-corrected chi connectivity index (χ1v) is 9.38. The number of aliphatic carboxylic acids is 1. The van der Waals surface area contributed by atoms with Crippen LogP contribution in [0.3, 0.4) is 0 Å². The lowest BCUT2D eigenvalue weighted by atomic mass is 10.3. The van der Waals surface area contributed by atoms with Crippen molar-refractivity contribution in [2.24, 2.45) is 0 Å². The summed E-state index contributed by atoms with van der Waals surface area (Å²) in [5, 5.41) is 11.6. The number of anilines is 2. The Morgan fingerprint density at radius 3 is 2.48 bits per heavy atom. The summed E-state index contributed by atoms with van der Waals surface area (Å²) in [6.07, 6.45) is 1.84. The minimum Gasteiger partial charge on any atom is -0.481 e. The maximum absolute atomic E-state index is 12.8. The molecule has 0 aliphatic rings. The third-order valence-electron chi connectivity index (χ3n) is 3.53. The van der Waals surface area contributed by atoms with Gasteiger partial charge in [0.15, 0.2) is 0 Å². The van der Waals surface area contributed by atoms with Crippen molar-refractivity contribution in [2.45, 2.75) is 24.7 Å². The van der Waals surface area contributed by atoms with Crippen LogP contribution in [-0.2, 0) is 14.8 Å². The van der Waals surface area contributed by atoms with Crippen LogP contribution < -0.4 is 9.62 Å². The average molecular weight is 363 g/mol. The number of rotatable bonds is 9. The van der Waals surface area contributed by atoms with E-state index in [2.05, 4.69) is 10.3 Å². The smallest absolute Gasteiger partial charge is 0.303 e. The van der Waals surface area contributed by atoms with Crippen LogP contribution in [0.1, 0.15) is 19.8 Å². The largest absolute Gasteiger partial charge is 0.481 e. The summed E-state index contributed by atoms with van der Waals surface area (Å²) in [5.41, 5.74) is 0.598. The number of nitrogens with zero attached hydrogens (tertiary/aromatic N) is 2. The number of carbonyl (C=O) groups is 1. The summed E-state index contributed by atoms with van der Waals surface area (Å²) in [7, 11) is -3.69. The molecule has 0 fully saturated rings. The molecule has 0 unspecified atom stereocenters. The number of nitrogens with one attached hydrogen (secondary N) is 1. The van der Waals surface area contributed by atoms with Gasteiger partial charge in [-0.1, -0.05) is 18.2 Å². The highest BCUT2D eigenvalue weighted by Crippen LogP contribution is 2.23. The predicted octanol–water partition coefficient (Wildman–Crippen LogP) is 2.57. The molecule has 0 saturated carbocycles. The zero-order valence-electron chi connectivity index (χ0n) is 13.9. The molecule has 0 radical (unpaired) electrons. The number of sulfonamides is 1. The van der Waals surface area contributed by atoms with Crippen LogP contribution in [0.2, 0.25) is 0 Å². The standard InChI is InChI=1S/C17H21N3O4S/c1-2-20(14-7-4-3-5-8-14)25(23,24)15-10-11-16(19-13-15)18-12-6-9-17(21)22/h3-5,7-8,10-11,13H,2,6,9,12H2,1H3,(H,18,19)(H,21,22). The summed E-state index contributed by atoms with van der Waals surface area (Å²) < 4.78 is 26.9. The van der Waals surface area contributed by atoms with Crippen molar-refractivity contribution in [3.8, 4) is 0 Å². The molecule has 7 nitrogen and oxygen atoms in total. The van der Waals surface area contributed by atoms with Gasteiger partial charge in [0.25, 0.3) is 10.0 Å². The van der Waals surface area contributed by atoms with Crippen molar-refractivity contribution in [1.82, 2.24) is 4.98 Å². The molecule has 0 amide bonds. The molecular weight excluding hydrogens is 342 g/mol. The number of carboxylic acids is 1. The molecule has 2 N–H and O–H groups in total. The highest BCUT2D eigenvalue weighted by Gasteiger charge is 2.23. The topological polar surface area (TPSA) is 99.6 Å².